The minimum Gasteiger partial charge on any atom is -0.481 e. The molecule has 94 valence electrons. The van der Waals surface area contributed by atoms with E-state index in [-0.39, 0.29) is 11.3 Å². The van der Waals surface area contributed by atoms with Crippen molar-refractivity contribution in [1.82, 2.24) is 0 Å². The fraction of sp³-hybridized carbons (Fsp3) is 0.533. The zero-order valence-corrected chi connectivity index (χ0v) is 11.2. The first-order chi connectivity index (χ1) is 7.78. The molecule has 1 rings (SSSR count). The minimum atomic E-state index is -0.733. The lowest BCUT2D eigenvalue weighted by atomic mass is 9.87. The Bertz CT molecular complexity index is 371. The third-order valence-electron chi connectivity index (χ3n) is 2.72. The monoisotopic (exact) mass is 234 g/mol. The van der Waals surface area contributed by atoms with Gasteiger partial charge in [0, 0.05) is 0 Å². The summed E-state index contributed by atoms with van der Waals surface area (Å²) in [6, 6.07) is 8.30. The quantitative estimate of drug-likeness (QED) is 0.865. The lowest BCUT2D eigenvalue weighted by Gasteiger charge is -2.18. The van der Waals surface area contributed by atoms with Crippen molar-refractivity contribution in [2.24, 2.45) is 11.3 Å². The highest BCUT2D eigenvalue weighted by molar-refractivity contribution is 5.69. The van der Waals surface area contributed by atoms with Crippen molar-refractivity contribution in [2.45, 2.75) is 40.5 Å². The molecule has 1 aromatic carbocycles. The third-order valence-corrected chi connectivity index (χ3v) is 2.72. The zero-order valence-electron chi connectivity index (χ0n) is 11.2. The van der Waals surface area contributed by atoms with Gasteiger partial charge in [0.05, 0.1) is 5.92 Å². The summed E-state index contributed by atoms with van der Waals surface area (Å²) in [5.74, 6) is -1.05. The molecule has 0 aromatic heterocycles. The van der Waals surface area contributed by atoms with E-state index >= 15 is 0 Å². The third kappa shape index (κ3) is 5.03. The summed E-state index contributed by atoms with van der Waals surface area (Å²) >= 11 is 0. The van der Waals surface area contributed by atoms with Crippen LogP contribution in [0.15, 0.2) is 24.3 Å². The van der Waals surface area contributed by atoms with E-state index in [1.54, 1.807) is 6.92 Å². The zero-order chi connectivity index (χ0) is 13.1. The number of aliphatic carboxylic acids is 1. The van der Waals surface area contributed by atoms with Crippen LogP contribution in [0.5, 0.6) is 0 Å². The fourth-order valence-corrected chi connectivity index (χ4v) is 1.85. The summed E-state index contributed by atoms with van der Waals surface area (Å²) in [6.07, 6.45) is 1.65. The fourth-order valence-electron chi connectivity index (χ4n) is 1.85. The number of hydrogen-bond acceptors (Lipinski definition) is 1. The Kier molecular flexibility index (Phi) is 4.33. The first-order valence-corrected chi connectivity index (χ1v) is 6.08. The van der Waals surface area contributed by atoms with Gasteiger partial charge in [-0.1, -0.05) is 52.0 Å². The Morgan fingerprint density at radius 1 is 1.18 bits per heavy atom. The highest BCUT2D eigenvalue weighted by atomic mass is 16.4. The van der Waals surface area contributed by atoms with E-state index in [4.69, 9.17) is 5.11 Å². The molecule has 0 spiro atoms. The van der Waals surface area contributed by atoms with Gasteiger partial charge in [0.2, 0.25) is 0 Å². The van der Waals surface area contributed by atoms with E-state index < -0.39 is 5.97 Å². The Labute approximate surface area is 104 Å². The van der Waals surface area contributed by atoms with Gasteiger partial charge >= 0.3 is 5.97 Å². The van der Waals surface area contributed by atoms with Gasteiger partial charge in [-0.25, -0.2) is 0 Å². The summed E-state index contributed by atoms with van der Waals surface area (Å²) in [6.45, 7) is 8.39. The van der Waals surface area contributed by atoms with Crippen LogP contribution in [-0.2, 0) is 17.6 Å². The molecule has 0 bridgehead atoms. The molecule has 1 aromatic rings. The summed E-state index contributed by atoms with van der Waals surface area (Å²) < 4.78 is 0. The van der Waals surface area contributed by atoms with Gasteiger partial charge < -0.3 is 5.11 Å². The van der Waals surface area contributed by atoms with E-state index in [0.29, 0.717) is 6.42 Å². The molecule has 17 heavy (non-hydrogen) atoms. The average molecular weight is 234 g/mol. The summed E-state index contributed by atoms with van der Waals surface area (Å²) in [5, 5.41) is 8.85. The van der Waals surface area contributed by atoms with Crippen molar-refractivity contribution < 1.29 is 9.90 Å². The topological polar surface area (TPSA) is 37.3 Å². The second kappa shape index (κ2) is 5.35. The van der Waals surface area contributed by atoms with E-state index in [0.717, 1.165) is 12.0 Å². The van der Waals surface area contributed by atoms with Gasteiger partial charge in [0.15, 0.2) is 0 Å². The van der Waals surface area contributed by atoms with Crippen LogP contribution >= 0.6 is 0 Å². The van der Waals surface area contributed by atoms with Gasteiger partial charge in [0.25, 0.3) is 0 Å². The minimum absolute atomic E-state index is 0.288. The number of carboxylic acid groups (broad SMARTS) is 1. The van der Waals surface area contributed by atoms with Crippen LogP contribution in [-0.4, -0.2) is 11.1 Å². The molecule has 1 N–H and O–H groups in total. The van der Waals surface area contributed by atoms with E-state index in [1.807, 2.05) is 12.1 Å². The molecule has 0 saturated carbocycles. The molecule has 1 atom stereocenters. The van der Waals surface area contributed by atoms with Crippen molar-refractivity contribution in [2.75, 3.05) is 0 Å². The molecule has 0 heterocycles. The van der Waals surface area contributed by atoms with Crippen LogP contribution in [0.4, 0.5) is 0 Å². The molecule has 0 aliphatic rings. The predicted molar refractivity (Wildman–Crippen MR) is 70.1 cm³/mol. The van der Waals surface area contributed by atoms with Crippen molar-refractivity contribution in [3.05, 3.63) is 35.4 Å². The molecule has 0 aliphatic carbocycles. The molecule has 0 aliphatic heterocycles. The summed E-state index contributed by atoms with van der Waals surface area (Å²) in [4.78, 5) is 10.8. The predicted octanol–water partition coefficient (Wildman–Crippen LogP) is 3.54. The van der Waals surface area contributed by atoms with Crippen LogP contribution in [0.3, 0.4) is 0 Å². The molecule has 0 fully saturated rings. The van der Waals surface area contributed by atoms with Gasteiger partial charge in [-0.05, 0) is 29.4 Å². The van der Waals surface area contributed by atoms with Crippen LogP contribution in [0.2, 0.25) is 0 Å². The summed E-state index contributed by atoms with van der Waals surface area (Å²) in [5.41, 5.74) is 2.69. The van der Waals surface area contributed by atoms with Crippen molar-refractivity contribution in [3.63, 3.8) is 0 Å². The number of hydrogen-bond donors (Lipinski definition) is 1. The number of benzene rings is 1. The van der Waals surface area contributed by atoms with Crippen molar-refractivity contribution in [1.29, 1.82) is 0 Å². The molecule has 2 nitrogen and oxygen atoms in total. The highest BCUT2D eigenvalue weighted by Gasteiger charge is 2.13. The Balaban J connectivity index is 2.65. The molecule has 2 heteroatoms. The standard InChI is InChI=1S/C15H22O2/c1-11(14(16)17)9-12-5-7-13(8-6-12)10-15(2,3)4/h5-8,11H,9-10H2,1-4H3,(H,16,17). The Hall–Kier alpha value is -1.31. The molecular formula is C15H22O2. The highest BCUT2D eigenvalue weighted by Crippen LogP contribution is 2.21. The first kappa shape index (κ1) is 13.8. The van der Waals surface area contributed by atoms with E-state index in [1.165, 1.54) is 5.56 Å². The molecule has 0 saturated heterocycles. The maximum atomic E-state index is 10.8. The van der Waals surface area contributed by atoms with E-state index in [9.17, 15) is 4.79 Å². The smallest absolute Gasteiger partial charge is 0.306 e. The summed E-state index contributed by atoms with van der Waals surface area (Å²) in [7, 11) is 0. The molecule has 0 amide bonds. The van der Waals surface area contributed by atoms with Gasteiger partial charge in [0.1, 0.15) is 0 Å². The van der Waals surface area contributed by atoms with Crippen molar-refractivity contribution in [3.8, 4) is 0 Å². The van der Waals surface area contributed by atoms with Gasteiger partial charge in [-0.2, -0.15) is 0 Å². The lowest BCUT2D eigenvalue weighted by molar-refractivity contribution is -0.141. The number of carboxylic acids is 1. The van der Waals surface area contributed by atoms with Crippen LogP contribution in [0, 0.1) is 11.3 Å². The second-order valence-corrected chi connectivity index (χ2v) is 6.00. The average Bonchev–Trinajstić information content (AvgIpc) is 2.18. The maximum absolute atomic E-state index is 10.8. The van der Waals surface area contributed by atoms with Gasteiger partial charge in [-0.3, -0.25) is 4.79 Å². The maximum Gasteiger partial charge on any atom is 0.306 e. The lowest BCUT2D eigenvalue weighted by Crippen LogP contribution is -2.12. The molecule has 0 radical (unpaired) electrons. The Morgan fingerprint density at radius 3 is 2.06 bits per heavy atom. The van der Waals surface area contributed by atoms with E-state index in [2.05, 4.69) is 32.9 Å². The first-order valence-electron chi connectivity index (χ1n) is 6.08. The number of carbonyl (C=O) groups is 1. The van der Waals surface area contributed by atoms with Gasteiger partial charge in [-0.15, -0.1) is 0 Å². The SMILES string of the molecule is CC(Cc1ccc(CC(C)(C)C)cc1)C(=O)O. The van der Waals surface area contributed by atoms with Crippen molar-refractivity contribution >= 4 is 5.97 Å². The second-order valence-electron chi connectivity index (χ2n) is 6.00. The van der Waals surface area contributed by atoms with Crippen LogP contribution in [0.1, 0.15) is 38.8 Å². The molecular weight excluding hydrogens is 212 g/mol. The number of rotatable bonds is 4. The normalized spacial score (nSPS) is 13.4. The van der Waals surface area contributed by atoms with Crippen LogP contribution in [0.25, 0.3) is 0 Å². The Morgan fingerprint density at radius 2 is 1.65 bits per heavy atom. The largest absolute Gasteiger partial charge is 0.481 e. The van der Waals surface area contributed by atoms with Crippen LogP contribution < -0.4 is 0 Å². The molecule has 1 unspecified atom stereocenters.